The fourth-order valence-electron chi connectivity index (χ4n) is 2.40. The number of hydrogen-bond acceptors (Lipinski definition) is 3. The maximum atomic E-state index is 11.6. The molecule has 130 valence electrons. The van der Waals surface area contributed by atoms with Gasteiger partial charge in [-0.1, -0.05) is 13.0 Å². The fourth-order valence-corrected chi connectivity index (χ4v) is 3.19. The summed E-state index contributed by atoms with van der Waals surface area (Å²) in [5, 5.41) is 11.0. The minimum atomic E-state index is 0.0605. The zero-order valence-corrected chi connectivity index (χ0v) is 15.2. The number of guanidine groups is 1. The lowest BCUT2D eigenvalue weighted by Crippen LogP contribution is -2.39. The average molecular weight is 347 g/mol. The summed E-state index contributed by atoms with van der Waals surface area (Å²) in [6.45, 7) is 4.66. The lowest BCUT2D eigenvalue weighted by molar-refractivity contribution is 0.584. The highest BCUT2D eigenvalue weighted by atomic mass is 32.1. The molecule has 24 heavy (non-hydrogen) atoms. The Kier molecular flexibility index (Phi) is 7.55. The van der Waals surface area contributed by atoms with Crippen molar-refractivity contribution in [2.45, 2.75) is 32.2 Å². The summed E-state index contributed by atoms with van der Waals surface area (Å²) >= 11 is 1.73. The Balaban J connectivity index is 1.63. The third-order valence-electron chi connectivity index (χ3n) is 3.93. The fraction of sp³-hybridized carbons (Fsp3) is 0.444. The summed E-state index contributed by atoms with van der Waals surface area (Å²) < 4.78 is 1.75. The highest BCUT2D eigenvalue weighted by Crippen LogP contribution is 2.16. The summed E-state index contributed by atoms with van der Waals surface area (Å²) in [6.07, 6.45) is 3.78. The summed E-state index contributed by atoms with van der Waals surface area (Å²) in [5.41, 5.74) is 1.42. The van der Waals surface area contributed by atoms with Gasteiger partial charge in [0.1, 0.15) is 0 Å². The Bertz CT molecular complexity index is 678. The third kappa shape index (κ3) is 5.85. The van der Waals surface area contributed by atoms with Gasteiger partial charge in [-0.25, -0.2) is 0 Å². The molecule has 0 fully saturated rings. The van der Waals surface area contributed by atoms with Crippen LogP contribution in [0.1, 0.15) is 31.2 Å². The molecule has 0 saturated carbocycles. The van der Waals surface area contributed by atoms with Crippen molar-refractivity contribution in [2.24, 2.45) is 4.99 Å². The minimum absolute atomic E-state index is 0.0605. The Hall–Kier alpha value is -2.08. The Labute approximate surface area is 147 Å². The highest BCUT2D eigenvalue weighted by molar-refractivity contribution is 7.07. The predicted molar refractivity (Wildman–Crippen MR) is 102 cm³/mol. The summed E-state index contributed by atoms with van der Waals surface area (Å²) in [5.74, 6) is 1.29. The normalized spacial score (nSPS) is 12.8. The molecular formula is C18H26N4OS. The molecule has 0 bridgehead atoms. The van der Waals surface area contributed by atoms with Crippen molar-refractivity contribution in [1.29, 1.82) is 0 Å². The Morgan fingerprint density at radius 2 is 2.17 bits per heavy atom. The molecule has 6 heteroatoms. The van der Waals surface area contributed by atoms with E-state index in [0.717, 1.165) is 38.4 Å². The smallest absolute Gasteiger partial charge is 0.250 e. The number of aliphatic imine (C=N–C) groups is 1. The first-order valence-corrected chi connectivity index (χ1v) is 9.27. The molecule has 0 aliphatic carbocycles. The molecule has 2 aromatic rings. The molecule has 2 aromatic heterocycles. The van der Waals surface area contributed by atoms with Crippen molar-refractivity contribution in [2.75, 3.05) is 20.1 Å². The summed E-state index contributed by atoms with van der Waals surface area (Å²) in [7, 11) is 1.79. The number of thiophene rings is 1. The molecule has 1 atom stereocenters. The van der Waals surface area contributed by atoms with Gasteiger partial charge in [0.2, 0.25) is 5.56 Å². The largest absolute Gasteiger partial charge is 0.356 e. The first-order chi connectivity index (χ1) is 11.7. The van der Waals surface area contributed by atoms with Crippen molar-refractivity contribution in [1.82, 2.24) is 15.2 Å². The molecule has 2 rings (SSSR count). The molecule has 2 heterocycles. The van der Waals surface area contributed by atoms with Crippen molar-refractivity contribution >= 4 is 17.3 Å². The number of nitrogens with one attached hydrogen (secondary N) is 2. The second-order valence-electron chi connectivity index (χ2n) is 5.78. The van der Waals surface area contributed by atoms with Gasteiger partial charge in [-0.2, -0.15) is 11.3 Å². The first kappa shape index (κ1) is 18.3. The number of aryl methyl sites for hydroxylation is 1. The van der Waals surface area contributed by atoms with Crippen LogP contribution in [-0.4, -0.2) is 30.7 Å². The molecule has 0 spiro atoms. The van der Waals surface area contributed by atoms with Crippen LogP contribution < -0.4 is 16.2 Å². The molecular weight excluding hydrogens is 320 g/mol. The van der Waals surface area contributed by atoms with E-state index >= 15 is 0 Å². The molecule has 0 aliphatic heterocycles. The second-order valence-corrected chi connectivity index (χ2v) is 6.56. The van der Waals surface area contributed by atoms with Crippen LogP contribution in [0, 0.1) is 0 Å². The molecule has 0 aliphatic rings. The van der Waals surface area contributed by atoms with Crippen LogP contribution in [0.5, 0.6) is 0 Å². The maximum absolute atomic E-state index is 11.6. The number of nitrogens with zero attached hydrogens (tertiary/aromatic N) is 2. The lowest BCUT2D eigenvalue weighted by atomic mass is 10.1. The maximum Gasteiger partial charge on any atom is 0.250 e. The highest BCUT2D eigenvalue weighted by Gasteiger charge is 2.06. The summed E-state index contributed by atoms with van der Waals surface area (Å²) in [6, 6.07) is 7.42. The van der Waals surface area contributed by atoms with Crippen LogP contribution in [-0.2, 0) is 6.54 Å². The van der Waals surface area contributed by atoms with Crippen LogP contribution in [0.25, 0.3) is 0 Å². The Morgan fingerprint density at radius 3 is 2.88 bits per heavy atom. The quantitative estimate of drug-likeness (QED) is 0.439. The third-order valence-corrected chi connectivity index (χ3v) is 4.63. The van der Waals surface area contributed by atoms with Crippen molar-refractivity contribution in [3.05, 3.63) is 57.1 Å². The SMILES string of the molecule is CN=C(NCCCCn1ccccc1=O)NCC(C)c1ccsc1. The number of rotatable bonds is 8. The standard InChI is InChI=1S/C18H26N4OS/c1-15(16-8-12-24-14-16)13-21-18(19-2)20-9-4-6-11-22-10-5-3-7-17(22)23/h3,5,7-8,10,12,14-15H,4,6,9,11,13H2,1-2H3,(H2,19,20,21). The van der Waals surface area contributed by atoms with E-state index in [1.807, 2.05) is 12.3 Å². The van der Waals surface area contributed by atoms with Gasteiger partial charge in [-0.15, -0.1) is 0 Å². The van der Waals surface area contributed by atoms with Gasteiger partial charge in [0.05, 0.1) is 0 Å². The van der Waals surface area contributed by atoms with E-state index in [4.69, 9.17) is 0 Å². The van der Waals surface area contributed by atoms with Crippen LogP contribution in [0.3, 0.4) is 0 Å². The number of unbranched alkanes of at least 4 members (excludes halogenated alkanes) is 1. The zero-order valence-electron chi connectivity index (χ0n) is 14.4. The molecule has 1 unspecified atom stereocenters. The van der Waals surface area contributed by atoms with E-state index in [1.165, 1.54) is 5.56 Å². The molecule has 0 radical (unpaired) electrons. The van der Waals surface area contributed by atoms with Crippen LogP contribution in [0.4, 0.5) is 0 Å². The van der Waals surface area contributed by atoms with Crippen molar-refractivity contribution in [3.63, 3.8) is 0 Å². The van der Waals surface area contributed by atoms with Gasteiger partial charge in [-0.3, -0.25) is 9.79 Å². The zero-order chi connectivity index (χ0) is 17.2. The number of hydrogen-bond donors (Lipinski definition) is 2. The van der Waals surface area contributed by atoms with E-state index in [2.05, 4.69) is 39.4 Å². The van der Waals surface area contributed by atoms with Gasteiger partial charge >= 0.3 is 0 Å². The van der Waals surface area contributed by atoms with Gasteiger partial charge in [0.15, 0.2) is 5.96 Å². The van der Waals surface area contributed by atoms with E-state index in [9.17, 15) is 4.79 Å². The van der Waals surface area contributed by atoms with Crippen molar-refractivity contribution < 1.29 is 0 Å². The molecule has 5 nitrogen and oxygen atoms in total. The van der Waals surface area contributed by atoms with Crippen LogP contribution in [0.2, 0.25) is 0 Å². The van der Waals surface area contributed by atoms with E-state index in [-0.39, 0.29) is 5.56 Å². The van der Waals surface area contributed by atoms with E-state index in [1.54, 1.807) is 35.1 Å². The van der Waals surface area contributed by atoms with Gasteiger partial charge in [0, 0.05) is 38.9 Å². The minimum Gasteiger partial charge on any atom is -0.356 e. The van der Waals surface area contributed by atoms with E-state index < -0.39 is 0 Å². The van der Waals surface area contributed by atoms with E-state index in [0.29, 0.717) is 5.92 Å². The van der Waals surface area contributed by atoms with Crippen molar-refractivity contribution in [3.8, 4) is 0 Å². The molecule has 0 amide bonds. The molecule has 0 saturated heterocycles. The first-order valence-electron chi connectivity index (χ1n) is 8.33. The number of pyridine rings is 1. The topological polar surface area (TPSA) is 58.4 Å². The van der Waals surface area contributed by atoms with Gasteiger partial charge in [-0.05, 0) is 47.2 Å². The molecule has 0 aromatic carbocycles. The molecule has 2 N–H and O–H groups in total. The Morgan fingerprint density at radius 1 is 1.29 bits per heavy atom. The summed E-state index contributed by atoms with van der Waals surface area (Å²) in [4.78, 5) is 15.9. The predicted octanol–water partition coefficient (Wildman–Crippen LogP) is 2.66. The van der Waals surface area contributed by atoms with Crippen LogP contribution >= 0.6 is 11.3 Å². The van der Waals surface area contributed by atoms with Gasteiger partial charge in [0.25, 0.3) is 0 Å². The lowest BCUT2D eigenvalue weighted by Gasteiger charge is -2.15. The average Bonchev–Trinajstić information content (AvgIpc) is 3.13. The van der Waals surface area contributed by atoms with Crippen LogP contribution in [0.15, 0.2) is 51.0 Å². The monoisotopic (exact) mass is 346 g/mol. The number of aromatic nitrogens is 1. The van der Waals surface area contributed by atoms with Gasteiger partial charge < -0.3 is 15.2 Å². The second kappa shape index (κ2) is 9.93.